The van der Waals surface area contributed by atoms with Crippen LogP contribution in [0.1, 0.15) is 5.56 Å². The van der Waals surface area contributed by atoms with E-state index in [0.29, 0.717) is 22.2 Å². The van der Waals surface area contributed by atoms with Gasteiger partial charge in [-0.15, -0.1) is 10.2 Å². The molecule has 0 bridgehead atoms. The first-order valence-corrected chi connectivity index (χ1v) is 10.6. The fraction of sp³-hybridized carbons (Fsp3) is 0.0417. The Bertz CT molecular complexity index is 1400. The summed E-state index contributed by atoms with van der Waals surface area (Å²) in [4.78, 5) is 4.79. The number of nitrogens with one attached hydrogen (secondary N) is 1. The summed E-state index contributed by atoms with van der Waals surface area (Å²) in [5.74, 6) is 2.28. The Hall–Kier alpha value is -4.37. The highest BCUT2D eigenvalue weighted by atomic mass is 32.1. The number of benzene rings is 3. The van der Waals surface area contributed by atoms with E-state index in [1.165, 1.54) is 4.68 Å². The summed E-state index contributed by atoms with van der Waals surface area (Å²) < 4.78 is 8.85. The first-order chi connectivity index (χ1) is 16.2. The van der Waals surface area contributed by atoms with Gasteiger partial charge in [0.05, 0.1) is 19.0 Å². The molecule has 0 amide bonds. The van der Waals surface area contributed by atoms with Gasteiger partial charge in [-0.2, -0.15) is 9.78 Å². The van der Waals surface area contributed by atoms with Crippen LogP contribution in [0.25, 0.3) is 28.7 Å². The normalized spacial score (nSPS) is 11.2. The van der Waals surface area contributed by atoms with Gasteiger partial charge < -0.3 is 4.74 Å². The van der Waals surface area contributed by atoms with Gasteiger partial charge in [0, 0.05) is 5.56 Å². The zero-order valence-electron chi connectivity index (χ0n) is 17.7. The van der Waals surface area contributed by atoms with Crippen molar-refractivity contribution in [2.24, 2.45) is 5.10 Å². The number of aromatic amines is 1. The highest BCUT2D eigenvalue weighted by Crippen LogP contribution is 2.24. The van der Waals surface area contributed by atoms with Gasteiger partial charge in [0.25, 0.3) is 0 Å². The van der Waals surface area contributed by atoms with Gasteiger partial charge in [0.1, 0.15) is 5.75 Å². The van der Waals surface area contributed by atoms with Crippen molar-refractivity contribution in [1.82, 2.24) is 29.6 Å². The standard InChI is InChI=1S/C24H19N7OS/c1-32-20-14-12-17(13-15-20)16-25-31-23(27-28-24(31)33)21-26-22(18-8-4-2-5-9-18)30(29-21)19-10-6-3-7-11-19/h2-16H,1H3,(H,28,33)/b25-16-. The first kappa shape index (κ1) is 20.5. The summed E-state index contributed by atoms with van der Waals surface area (Å²) in [5.41, 5.74) is 2.71. The van der Waals surface area contributed by atoms with E-state index in [2.05, 4.69) is 15.3 Å². The predicted octanol–water partition coefficient (Wildman–Crippen LogP) is 4.75. The van der Waals surface area contributed by atoms with Crippen molar-refractivity contribution >= 4 is 18.4 Å². The van der Waals surface area contributed by atoms with Gasteiger partial charge >= 0.3 is 0 Å². The number of hydrogen-bond donors (Lipinski definition) is 1. The highest BCUT2D eigenvalue weighted by molar-refractivity contribution is 7.71. The lowest BCUT2D eigenvalue weighted by atomic mass is 10.2. The van der Waals surface area contributed by atoms with Crippen LogP contribution in [0.15, 0.2) is 90.0 Å². The van der Waals surface area contributed by atoms with Gasteiger partial charge in [0.2, 0.25) is 16.4 Å². The molecule has 1 N–H and O–H groups in total. The molecule has 2 heterocycles. The van der Waals surface area contributed by atoms with Gasteiger partial charge in [-0.25, -0.2) is 14.8 Å². The average molecular weight is 454 g/mol. The monoisotopic (exact) mass is 453 g/mol. The molecule has 0 saturated carbocycles. The third-order valence-corrected chi connectivity index (χ3v) is 5.19. The van der Waals surface area contributed by atoms with Crippen molar-refractivity contribution in [3.05, 3.63) is 95.3 Å². The van der Waals surface area contributed by atoms with Crippen LogP contribution in [0, 0.1) is 4.77 Å². The predicted molar refractivity (Wildman–Crippen MR) is 129 cm³/mol. The van der Waals surface area contributed by atoms with Crippen LogP contribution in [0.3, 0.4) is 0 Å². The Morgan fingerprint density at radius 2 is 1.61 bits per heavy atom. The number of aromatic nitrogens is 6. The molecule has 0 aliphatic rings. The van der Waals surface area contributed by atoms with E-state index in [0.717, 1.165) is 22.6 Å². The fourth-order valence-corrected chi connectivity index (χ4v) is 3.47. The number of H-pyrrole nitrogens is 1. The van der Waals surface area contributed by atoms with E-state index in [4.69, 9.17) is 27.0 Å². The number of methoxy groups -OCH3 is 1. The Morgan fingerprint density at radius 3 is 2.30 bits per heavy atom. The van der Waals surface area contributed by atoms with E-state index >= 15 is 0 Å². The van der Waals surface area contributed by atoms with Gasteiger partial charge in [0.15, 0.2) is 5.82 Å². The lowest BCUT2D eigenvalue weighted by molar-refractivity contribution is 0.415. The van der Waals surface area contributed by atoms with Crippen LogP contribution in [-0.4, -0.2) is 43.0 Å². The molecule has 0 spiro atoms. The summed E-state index contributed by atoms with van der Waals surface area (Å²) in [5, 5.41) is 16.4. The third kappa shape index (κ3) is 4.21. The molecule has 33 heavy (non-hydrogen) atoms. The molecule has 5 aromatic rings. The third-order valence-electron chi connectivity index (χ3n) is 4.93. The quantitative estimate of drug-likeness (QED) is 0.296. The van der Waals surface area contributed by atoms with E-state index in [-0.39, 0.29) is 0 Å². The van der Waals surface area contributed by atoms with Crippen LogP contribution in [0.4, 0.5) is 0 Å². The van der Waals surface area contributed by atoms with E-state index in [1.807, 2.05) is 84.9 Å². The maximum atomic E-state index is 5.40. The topological polar surface area (TPSA) is 85.9 Å². The summed E-state index contributed by atoms with van der Waals surface area (Å²) in [6.45, 7) is 0. The summed E-state index contributed by atoms with van der Waals surface area (Å²) >= 11 is 5.40. The lowest BCUT2D eigenvalue weighted by Crippen LogP contribution is -2.00. The van der Waals surface area contributed by atoms with Crippen LogP contribution in [0.5, 0.6) is 5.75 Å². The second kappa shape index (κ2) is 9.01. The maximum Gasteiger partial charge on any atom is 0.223 e. The molecule has 162 valence electrons. The molecule has 0 aliphatic heterocycles. The van der Waals surface area contributed by atoms with E-state index in [9.17, 15) is 0 Å². The number of rotatable bonds is 6. The second-order valence-electron chi connectivity index (χ2n) is 7.05. The molecule has 0 aliphatic carbocycles. The molecule has 5 rings (SSSR count). The van der Waals surface area contributed by atoms with Crippen molar-refractivity contribution < 1.29 is 4.74 Å². The van der Waals surface area contributed by atoms with Crippen molar-refractivity contribution in [3.8, 4) is 34.5 Å². The minimum absolute atomic E-state index is 0.340. The lowest BCUT2D eigenvalue weighted by Gasteiger charge is -2.05. The van der Waals surface area contributed by atoms with Crippen LogP contribution >= 0.6 is 12.2 Å². The largest absolute Gasteiger partial charge is 0.497 e. The van der Waals surface area contributed by atoms with Gasteiger partial charge in [-0.3, -0.25) is 0 Å². The molecule has 2 aromatic heterocycles. The maximum absolute atomic E-state index is 5.40. The molecule has 9 heteroatoms. The summed E-state index contributed by atoms with van der Waals surface area (Å²) in [6.07, 6.45) is 1.69. The second-order valence-corrected chi connectivity index (χ2v) is 7.44. The number of hydrogen-bond acceptors (Lipinski definition) is 6. The van der Waals surface area contributed by atoms with Crippen LogP contribution < -0.4 is 4.74 Å². The zero-order chi connectivity index (χ0) is 22.6. The molecule has 0 atom stereocenters. The summed E-state index contributed by atoms with van der Waals surface area (Å²) in [7, 11) is 1.63. The zero-order valence-corrected chi connectivity index (χ0v) is 18.5. The molecule has 3 aromatic carbocycles. The Balaban J connectivity index is 1.58. The Kier molecular flexibility index (Phi) is 5.61. The molecule has 0 fully saturated rings. The van der Waals surface area contributed by atoms with Crippen molar-refractivity contribution in [2.75, 3.05) is 7.11 Å². The summed E-state index contributed by atoms with van der Waals surface area (Å²) in [6, 6.07) is 27.3. The van der Waals surface area contributed by atoms with Gasteiger partial charge in [-0.1, -0.05) is 48.5 Å². The molecule has 8 nitrogen and oxygen atoms in total. The fourth-order valence-electron chi connectivity index (χ4n) is 3.29. The smallest absolute Gasteiger partial charge is 0.223 e. The minimum atomic E-state index is 0.340. The van der Waals surface area contributed by atoms with E-state index in [1.54, 1.807) is 18.0 Å². The molecular formula is C24H19N7OS. The van der Waals surface area contributed by atoms with Crippen molar-refractivity contribution in [3.63, 3.8) is 0 Å². The Morgan fingerprint density at radius 1 is 0.909 bits per heavy atom. The van der Waals surface area contributed by atoms with Crippen LogP contribution in [0.2, 0.25) is 0 Å². The van der Waals surface area contributed by atoms with E-state index < -0.39 is 0 Å². The minimum Gasteiger partial charge on any atom is -0.497 e. The van der Waals surface area contributed by atoms with Crippen molar-refractivity contribution in [1.29, 1.82) is 0 Å². The van der Waals surface area contributed by atoms with Crippen molar-refractivity contribution in [2.45, 2.75) is 0 Å². The number of para-hydroxylation sites is 1. The number of ether oxygens (including phenoxy) is 1. The first-order valence-electron chi connectivity index (χ1n) is 10.2. The Labute approximate surface area is 194 Å². The molecule has 0 radical (unpaired) electrons. The molecular weight excluding hydrogens is 434 g/mol. The molecule has 0 unspecified atom stereocenters. The average Bonchev–Trinajstić information content (AvgIpc) is 3.48. The van der Waals surface area contributed by atoms with Crippen LogP contribution in [-0.2, 0) is 0 Å². The molecule has 0 saturated heterocycles. The number of nitrogens with zero attached hydrogens (tertiary/aromatic N) is 6. The highest BCUT2D eigenvalue weighted by Gasteiger charge is 2.19. The SMILES string of the molecule is COc1ccc(/C=N\n2c(-c3nc(-c4ccccc4)n(-c4ccccc4)n3)n[nH]c2=S)cc1. The van der Waals surface area contributed by atoms with Gasteiger partial charge in [-0.05, 0) is 54.2 Å².